The van der Waals surface area contributed by atoms with Crippen molar-refractivity contribution >= 4 is 17.7 Å². The highest BCUT2D eigenvalue weighted by Crippen LogP contribution is 2.37. The molecule has 2 aliphatic rings. The van der Waals surface area contributed by atoms with Crippen LogP contribution in [0, 0.1) is 12.3 Å². The number of piperidine rings is 1. The Hall–Kier alpha value is -1.00. The average Bonchev–Trinajstić information content (AvgIpc) is 2.95. The predicted molar refractivity (Wildman–Crippen MR) is 87.6 cm³/mol. The van der Waals surface area contributed by atoms with Crippen LogP contribution in [0.5, 0.6) is 0 Å². The molecule has 2 saturated heterocycles. The Labute approximate surface area is 131 Å². The van der Waals surface area contributed by atoms with Gasteiger partial charge in [-0.2, -0.15) is 0 Å². The molecule has 0 atom stereocenters. The molecule has 1 N–H and O–H groups in total. The van der Waals surface area contributed by atoms with E-state index in [9.17, 15) is 4.79 Å². The molecule has 3 nitrogen and oxygen atoms in total. The lowest BCUT2D eigenvalue weighted by atomic mass is 9.78. The van der Waals surface area contributed by atoms with Crippen molar-refractivity contribution in [1.29, 1.82) is 0 Å². The van der Waals surface area contributed by atoms with Crippen molar-refractivity contribution < 1.29 is 4.79 Å². The Morgan fingerprint density at radius 1 is 1.24 bits per heavy atom. The van der Waals surface area contributed by atoms with E-state index in [0.717, 1.165) is 26.2 Å². The molecule has 3 rings (SSSR count). The summed E-state index contributed by atoms with van der Waals surface area (Å²) in [6.07, 6.45) is 3.62. The number of amides is 1. The summed E-state index contributed by atoms with van der Waals surface area (Å²) < 4.78 is 0. The van der Waals surface area contributed by atoms with E-state index in [4.69, 9.17) is 0 Å². The number of benzene rings is 1. The molecular formula is C17H24N2OS. The van der Waals surface area contributed by atoms with Crippen LogP contribution in [-0.4, -0.2) is 42.7 Å². The number of thioether (sulfide) groups is 1. The molecule has 2 aliphatic heterocycles. The molecule has 0 aliphatic carbocycles. The maximum absolute atomic E-state index is 12.3. The van der Waals surface area contributed by atoms with Crippen LogP contribution in [-0.2, 0) is 4.79 Å². The predicted octanol–water partition coefficient (Wildman–Crippen LogP) is 2.69. The number of carbonyl (C=O) groups is 1. The van der Waals surface area contributed by atoms with Gasteiger partial charge in [0, 0.05) is 24.5 Å². The quantitative estimate of drug-likeness (QED) is 0.872. The summed E-state index contributed by atoms with van der Waals surface area (Å²) in [7, 11) is 0. The molecule has 0 aromatic heterocycles. The largest absolute Gasteiger partial charge is 0.342 e. The highest BCUT2D eigenvalue weighted by molar-refractivity contribution is 8.00. The van der Waals surface area contributed by atoms with Crippen molar-refractivity contribution in [3.05, 3.63) is 29.8 Å². The number of nitrogens with one attached hydrogen (secondary N) is 1. The molecule has 0 saturated carbocycles. The third-order valence-corrected chi connectivity index (χ3v) is 5.89. The second-order valence-electron chi connectivity index (χ2n) is 6.41. The zero-order valence-electron chi connectivity index (χ0n) is 12.7. The van der Waals surface area contributed by atoms with Crippen LogP contribution in [0.15, 0.2) is 29.2 Å². The zero-order valence-corrected chi connectivity index (χ0v) is 13.5. The molecule has 4 heteroatoms. The van der Waals surface area contributed by atoms with E-state index in [-0.39, 0.29) is 0 Å². The fraction of sp³-hybridized carbons (Fsp3) is 0.588. The molecule has 1 amide bonds. The minimum absolute atomic E-state index is 0.293. The molecule has 2 fully saturated rings. The van der Waals surface area contributed by atoms with Gasteiger partial charge in [0.15, 0.2) is 0 Å². The van der Waals surface area contributed by atoms with Crippen LogP contribution in [0.3, 0.4) is 0 Å². The summed E-state index contributed by atoms with van der Waals surface area (Å²) in [5.74, 6) is 0.857. The molecule has 1 spiro atoms. The summed E-state index contributed by atoms with van der Waals surface area (Å²) in [5, 5.41) is 3.47. The lowest BCUT2D eigenvalue weighted by molar-refractivity contribution is -0.130. The molecule has 114 valence electrons. The smallest absolute Gasteiger partial charge is 0.232 e. The number of likely N-dealkylation sites (tertiary alicyclic amines) is 1. The third-order valence-electron chi connectivity index (χ3n) is 4.89. The Morgan fingerprint density at radius 2 is 1.95 bits per heavy atom. The van der Waals surface area contributed by atoms with Crippen LogP contribution < -0.4 is 5.32 Å². The molecule has 2 heterocycles. The van der Waals surface area contributed by atoms with E-state index in [1.165, 1.54) is 29.7 Å². The van der Waals surface area contributed by atoms with Crippen LogP contribution in [0.4, 0.5) is 0 Å². The van der Waals surface area contributed by atoms with Gasteiger partial charge in [-0.1, -0.05) is 17.7 Å². The van der Waals surface area contributed by atoms with Gasteiger partial charge in [-0.3, -0.25) is 4.79 Å². The van der Waals surface area contributed by atoms with Gasteiger partial charge in [0.05, 0.1) is 5.75 Å². The number of nitrogens with zero attached hydrogens (tertiary/aromatic N) is 1. The summed E-state index contributed by atoms with van der Waals surface area (Å²) >= 11 is 1.65. The second-order valence-corrected chi connectivity index (χ2v) is 7.46. The fourth-order valence-electron chi connectivity index (χ4n) is 3.32. The molecule has 1 aromatic carbocycles. The van der Waals surface area contributed by atoms with E-state index in [1.807, 2.05) is 0 Å². The van der Waals surface area contributed by atoms with Crippen molar-refractivity contribution in [2.45, 2.75) is 31.1 Å². The first-order chi connectivity index (χ1) is 10.2. The molecule has 1 aromatic rings. The number of carbonyl (C=O) groups excluding carboxylic acids is 1. The minimum atomic E-state index is 0.293. The SMILES string of the molecule is Cc1ccc(SCC(=O)N2CCC3(CCNC3)CC2)cc1. The van der Waals surface area contributed by atoms with Gasteiger partial charge in [0.25, 0.3) is 0 Å². The lowest BCUT2D eigenvalue weighted by Gasteiger charge is -2.38. The Balaban J connectivity index is 1.47. The van der Waals surface area contributed by atoms with Crippen LogP contribution in [0.2, 0.25) is 0 Å². The van der Waals surface area contributed by atoms with E-state index in [2.05, 4.69) is 41.4 Å². The van der Waals surface area contributed by atoms with Crippen molar-refractivity contribution in [3.63, 3.8) is 0 Å². The molecular weight excluding hydrogens is 280 g/mol. The van der Waals surface area contributed by atoms with E-state index >= 15 is 0 Å². The topological polar surface area (TPSA) is 32.3 Å². The number of rotatable bonds is 3. The average molecular weight is 304 g/mol. The summed E-state index contributed by atoms with van der Waals surface area (Å²) in [4.78, 5) is 15.6. The maximum Gasteiger partial charge on any atom is 0.232 e. The lowest BCUT2D eigenvalue weighted by Crippen LogP contribution is -2.44. The van der Waals surface area contributed by atoms with Gasteiger partial charge < -0.3 is 10.2 Å². The highest BCUT2D eigenvalue weighted by atomic mass is 32.2. The van der Waals surface area contributed by atoms with Gasteiger partial charge in [-0.15, -0.1) is 11.8 Å². The monoisotopic (exact) mass is 304 g/mol. The van der Waals surface area contributed by atoms with Gasteiger partial charge >= 0.3 is 0 Å². The van der Waals surface area contributed by atoms with Crippen LogP contribution in [0.25, 0.3) is 0 Å². The van der Waals surface area contributed by atoms with Crippen LogP contribution >= 0.6 is 11.8 Å². The number of hydrogen-bond donors (Lipinski definition) is 1. The minimum Gasteiger partial charge on any atom is -0.342 e. The van der Waals surface area contributed by atoms with Gasteiger partial charge in [-0.25, -0.2) is 0 Å². The van der Waals surface area contributed by atoms with Crippen molar-refractivity contribution in [2.24, 2.45) is 5.41 Å². The first-order valence-corrected chi connectivity index (χ1v) is 8.83. The summed E-state index contributed by atoms with van der Waals surface area (Å²) in [6.45, 7) is 6.26. The van der Waals surface area contributed by atoms with E-state index in [1.54, 1.807) is 11.8 Å². The van der Waals surface area contributed by atoms with Crippen molar-refractivity contribution in [2.75, 3.05) is 31.9 Å². The Kier molecular flexibility index (Phi) is 4.55. The van der Waals surface area contributed by atoms with E-state index in [0.29, 0.717) is 17.1 Å². The molecule has 0 bridgehead atoms. The van der Waals surface area contributed by atoms with Gasteiger partial charge in [0.1, 0.15) is 0 Å². The summed E-state index contributed by atoms with van der Waals surface area (Å²) in [5.41, 5.74) is 1.75. The number of hydrogen-bond acceptors (Lipinski definition) is 3. The first kappa shape index (κ1) is 14.9. The van der Waals surface area contributed by atoms with Gasteiger partial charge in [0.2, 0.25) is 5.91 Å². The normalized spacial score (nSPS) is 20.9. The van der Waals surface area contributed by atoms with Crippen LogP contribution in [0.1, 0.15) is 24.8 Å². The molecule has 0 radical (unpaired) electrons. The maximum atomic E-state index is 12.3. The Bertz CT molecular complexity index is 484. The summed E-state index contributed by atoms with van der Waals surface area (Å²) in [6, 6.07) is 8.40. The standard InChI is InChI=1S/C17H24N2OS/c1-14-2-4-15(5-3-14)21-12-16(20)19-10-7-17(8-11-19)6-9-18-13-17/h2-5,18H,6-13H2,1H3. The Morgan fingerprint density at radius 3 is 2.57 bits per heavy atom. The molecule has 21 heavy (non-hydrogen) atoms. The third kappa shape index (κ3) is 3.61. The zero-order chi connectivity index (χ0) is 14.7. The highest BCUT2D eigenvalue weighted by Gasteiger charge is 2.37. The second kappa shape index (κ2) is 6.41. The fourth-order valence-corrected chi connectivity index (χ4v) is 4.12. The van der Waals surface area contributed by atoms with Gasteiger partial charge in [-0.05, 0) is 50.3 Å². The molecule has 0 unspecified atom stereocenters. The van der Waals surface area contributed by atoms with Crippen molar-refractivity contribution in [1.82, 2.24) is 10.2 Å². The number of aryl methyl sites for hydroxylation is 1. The first-order valence-electron chi connectivity index (χ1n) is 7.85. The van der Waals surface area contributed by atoms with Crippen molar-refractivity contribution in [3.8, 4) is 0 Å². The van der Waals surface area contributed by atoms with E-state index < -0.39 is 0 Å².